The van der Waals surface area contributed by atoms with E-state index >= 15 is 0 Å². The molecule has 1 aromatic rings. The summed E-state index contributed by atoms with van der Waals surface area (Å²) in [4.78, 5) is 0. The van der Waals surface area contributed by atoms with Crippen LogP contribution in [0.5, 0.6) is 0 Å². The summed E-state index contributed by atoms with van der Waals surface area (Å²) in [7, 11) is -0.392. The largest absolute Gasteiger partial charge is 0.461 e. The van der Waals surface area contributed by atoms with Gasteiger partial charge in [-0.1, -0.05) is 0 Å². The van der Waals surface area contributed by atoms with Gasteiger partial charge in [0.2, 0.25) is 0 Å². The van der Waals surface area contributed by atoms with Crippen molar-refractivity contribution in [1.82, 2.24) is 0 Å². The van der Waals surface area contributed by atoms with Gasteiger partial charge >= 0.3 is 7.12 Å². The Morgan fingerprint density at radius 2 is 1.48 bits per heavy atom. The number of halogens is 3. The Kier molecular flexibility index (Phi) is 3.19. The molecule has 1 saturated carbocycles. The zero-order valence-corrected chi connectivity index (χ0v) is 12.5. The van der Waals surface area contributed by atoms with E-state index in [1.165, 1.54) is 0 Å². The minimum absolute atomic E-state index is 0.0512. The highest BCUT2D eigenvalue weighted by molar-refractivity contribution is 6.49. The van der Waals surface area contributed by atoms with Gasteiger partial charge < -0.3 is 9.31 Å². The molecule has 0 bridgehead atoms. The Bertz CT molecular complexity index is 549. The standard InChI is InChI=1S/C15H18BF3O2/c1-14(2)15(3,4)21-16(20-14)10-7-9(10)8-5-11(17)13(19)12(18)6-8/h5-6,9-10H,7H2,1-4H3/t9-,10+/m0/s1. The summed E-state index contributed by atoms with van der Waals surface area (Å²) in [5, 5.41) is 0. The van der Waals surface area contributed by atoms with Crippen LogP contribution in [0, 0.1) is 17.5 Å². The van der Waals surface area contributed by atoms with Crippen LogP contribution in [-0.4, -0.2) is 18.3 Å². The van der Waals surface area contributed by atoms with Gasteiger partial charge in [-0.25, -0.2) is 13.2 Å². The minimum atomic E-state index is -1.42. The molecule has 1 aromatic carbocycles. The third-order valence-electron chi connectivity index (χ3n) is 4.90. The zero-order chi connectivity index (χ0) is 15.6. The third-order valence-corrected chi connectivity index (χ3v) is 4.90. The topological polar surface area (TPSA) is 18.5 Å². The fraction of sp³-hybridized carbons (Fsp3) is 0.600. The van der Waals surface area contributed by atoms with Crippen LogP contribution in [0.4, 0.5) is 13.2 Å². The predicted octanol–water partition coefficient (Wildman–Crippen LogP) is 4.05. The average molecular weight is 298 g/mol. The maximum Gasteiger partial charge on any atom is 0.461 e. The molecular weight excluding hydrogens is 280 g/mol. The van der Waals surface area contributed by atoms with E-state index in [0.29, 0.717) is 5.56 Å². The molecule has 1 heterocycles. The Morgan fingerprint density at radius 3 is 1.95 bits per heavy atom. The van der Waals surface area contributed by atoms with Crippen LogP contribution in [0.15, 0.2) is 12.1 Å². The quantitative estimate of drug-likeness (QED) is 0.605. The summed E-state index contributed by atoms with van der Waals surface area (Å²) in [6.45, 7) is 7.84. The highest BCUT2D eigenvalue weighted by Crippen LogP contribution is 2.58. The first kappa shape index (κ1) is 14.9. The fourth-order valence-electron chi connectivity index (χ4n) is 2.75. The molecule has 1 saturated heterocycles. The highest BCUT2D eigenvalue weighted by atomic mass is 19.2. The van der Waals surface area contributed by atoms with Crippen LogP contribution in [-0.2, 0) is 9.31 Å². The summed E-state index contributed by atoms with van der Waals surface area (Å²) < 4.78 is 51.5. The van der Waals surface area contributed by atoms with Crippen molar-refractivity contribution in [3.05, 3.63) is 35.1 Å². The lowest BCUT2D eigenvalue weighted by Gasteiger charge is -2.32. The van der Waals surface area contributed by atoms with Crippen molar-refractivity contribution in [2.24, 2.45) is 0 Å². The molecule has 2 atom stereocenters. The second-order valence-electron chi connectivity index (χ2n) is 6.93. The molecule has 114 valence electrons. The lowest BCUT2D eigenvalue weighted by atomic mass is 9.79. The molecular formula is C15H18BF3O2. The van der Waals surface area contributed by atoms with Crippen molar-refractivity contribution in [2.75, 3.05) is 0 Å². The average Bonchev–Trinajstić information content (AvgIpc) is 3.09. The molecule has 0 amide bonds. The summed E-state index contributed by atoms with van der Waals surface area (Å²) in [5.41, 5.74) is -0.389. The van der Waals surface area contributed by atoms with Gasteiger partial charge in [-0.15, -0.1) is 0 Å². The molecule has 2 fully saturated rings. The molecule has 2 aliphatic rings. The Morgan fingerprint density at radius 1 is 1.00 bits per heavy atom. The second kappa shape index (κ2) is 4.49. The number of hydrogen-bond acceptors (Lipinski definition) is 2. The molecule has 0 aromatic heterocycles. The van der Waals surface area contributed by atoms with Crippen LogP contribution in [0.2, 0.25) is 5.82 Å². The maximum absolute atomic E-state index is 13.3. The normalized spacial score (nSPS) is 29.8. The van der Waals surface area contributed by atoms with E-state index in [2.05, 4.69) is 0 Å². The lowest BCUT2D eigenvalue weighted by Crippen LogP contribution is -2.41. The van der Waals surface area contributed by atoms with Gasteiger partial charge in [0, 0.05) is 5.82 Å². The Hall–Kier alpha value is -1.01. The van der Waals surface area contributed by atoms with E-state index in [1.807, 2.05) is 27.7 Å². The van der Waals surface area contributed by atoms with Gasteiger partial charge in [-0.2, -0.15) is 0 Å². The van der Waals surface area contributed by atoms with E-state index in [4.69, 9.17) is 9.31 Å². The summed E-state index contributed by atoms with van der Waals surface area (Å²) in [6.07, 6.45) is 0.724. The molecule has 21 heavy (non-hydrogen) atoms. The van der Waals surface area contributed by atoms with Crippen LogP contribution >= 0.6 is 0 Å². The molecule has 6 heteroatoms. The molecule has 0 radical (unpaired) electrons. The zero-order valence-electron chi connectivity index (χ0n) is 12.5. The number of benzene rings is 1. The second-order valence-corrected chi connectivity index (χ2v) is 6.93. The minimum Gasteiger partial charge on any atom is -0.403 e. The van der Waals surface area contributed by atoms with Gasteiger partial charge in [-0.05, 0) is 57.7 Å². The molecule has 1 aliphatic carbocycles. The summed E-state index contributed by atoms with van der Waals surface area (Å²) >= 11 is 0. The first-order valence-corrected chi connectivity index (χ1v) is 7.12. The highest BCUT2D eigenvalue weighted by Gasteiger charge is 2.59. The monoisotopic (exact) mass is 298 g/mol. The lowest BCUT2D eigenvalue weighted by molar-refractivity contribution is 0.00578. The first-order valence-electron chi connectivity index (χ1n) is 7.12. The van der Waals surface area contributed by atoms with Gasteiger partial charge in [0.1, 0.15) is 0 Å². The van der Waals surface area contributed by atoms with Gasteiger partial charge in [0.15, 0.2) is 17.5 Å². The van der Waals surface area contributed by atoms with E-state index < -0.39 is 35.8 Å². The van der Waals surface area contributed by atoms with Crippen molar-refractivity contribution in [3.8, 4) is 0 Å². The van der Waals surface area contributed by atoms with Crippen LogP contribution in [0.1, 0.15) is 45.6 Å². The smallest absolute Gasteiger partial charge is 0.403 e. The van der Waals surface area contributed by atoms with Gasteiger partial charge in [0.25, 0.3) is 0 Å². The van der Waals surface area contributed by atoms with E-state index in [0.717, 1.165) is 18.6 Å². The van der Waals surface area contributed by atoms with Crippen LogP contribution < -0.4 is 0 Å². The number of hydrogen-bond donors (Lipinski definition) is 0. The van der Waals surface area contributed by atoms with E-state index in [9.17, 15) is 13.2 Å². The summed E-state index contributed by atoms with van der Waals surface area (Å²) in [5.74, 6) is -3.72. The van der Waals surface area contributed by atoms with E-state index in [1.54, 1.807) is 0 Å². The predicted molar refractivity (Wildman–Crippen MR) is 73.5 cm³/mol. The molecule has 2 nitrogen and oxygen atoms in total. The van der Waals surface area contributed by atoms with Crippen LogP contribution in [0.25, 0.3) is 0 Å². The van der Waals surface area contributed by atoms with Gasteiger partial charge in [-0.3, -0.25) is 0 Å². The fourth-order valence-corrected chi connectivity index (χ4v) is 2.75. The number of rotatable bonds is 2. The molecule has 3 rings (SSSR count). The first-order chi connectivity index (χ1) is 9.62. The third kappa shape index (κ3) is 2.38. The molecule has 1 aliphatic heterocycles. The van der Waals surface area contributed by atoms with E-state index in [-0.39, 0.29) is 11.7 Å². The van der Waals surface area contributed by atoms with Crippen molar-refractivity contribution in [3.63, 3.8) is 0 Å². The van der Waals surface area contributed by atoms with Crippen LogP contribution in [0.3, 0.4) is 0 Å². The van der Waals surface area contributed by atoms with Crippen molar-refractivity contribution in [2.45, 2.75) is 57.1 Å². The molecule has 0 spiro atoms. The SMILES string of the molecule is CC1(C)OB([C@@H]2C[C@H]2c2cc(F)c(F)c(F)c2)OC1(C)C. The maximum atomic E-state index is 13.3. The van der Waals surface area contributed by atoms with Gasteiger partial charge in [0.05, 0.1) is 11.2 Å². The van der Waals surface area contributed by atoms with Crippen molar-refractivity contribution >= 4 is 7.12 Å². The Balaban J connectivity index is 1.76. The molecule has 0 unspecified atom stereocenters. The van der Waals surface area contributed by atoms with Crippen molar-refractivity contribution < 1.29 is 22.5 Å². The summed E-state index contributed by atoms with van der Waals surface area (Å²) in [6, 6.07) is 2.13. The Labute approximate surface area is 122 Å². The molecule has 0 N–H and O–H groups in total. The van der Waals surface area contributed by atoms with Crippen molar-refractivity contribution in [1.29, 1.82) is 0 Å².